The topological polar surface area (TPSA) is 102 Å². The monoisotopic (exact) mass is 410 g/mol. The Morgan fingerprint density at radius 1 is 1.23 bits per heavy atom. The largest absolute Gasteiger partial charge is 0.375 e. The van der Waals surface area contributed by atoms with E-state index < -0.39 is 0 Å². The van der Waals surface area contributed by atoms with E-state index in [4.69, 9.17) is 9.72 Å². The molecule has 0 atom stereocenters. The third kappa shape index (κ3) is 4.62. The van der Waals surface area contributed by atoms with Gasteiger partial charge in [0.25, 0.3) is 0 Å². The van der Waals surface area contributed by atoms with Gasteiger partial charge in [-0.2, -0.15) is 15.1 Å². The maximum atomic E-state index is 5.85. The van der Waals surface area contributed by atoms with Crippen LogP contribution in [0, 0.1) is 0 Å². The normalized spacial score (nSPS) is 18.4. The average Bonchev–Trinajstić information content (AvgIpc) is 3.06. The van der Waals surface area contributed by atoms with E-state index in [2.05, 4.69) is 51.8 Å². The fourth-order valence-electron chi connectivity index (χ4n) is 3.63. The van der Waals surface area contributed by atoms with Crippen LogP contribution >= 0.6 is 0 Å². The number of rotatable bonds is 9. The quantitative estimate of drug-likeness (QED) is 0.494. The van der Waals surface area contributed by atoms with Crippen molar-refractivity contribution in [2.45, 2.75) is 58.4 Å². The van der Waals surface area contributed by atoms with Crippen LogP contribution < -0.4 is 16.0 Å². The Balaban J connectivity index is 1.48. The van der Waals surface area contributed by atoms with Gasteiger partial charge in [0, 0.05) is 32.4 Å². The zero-order valence-electron chi connectivity index (χ0n) is 18.0. The number of aromatic nitrogens is 5. The Bertz CT molecular complexity index is 996. The average molecular weight is 411 g/mol. The predicted octanol–water partition coefficient (Wildman–Crippen LogP) is 3.17. The molecule has 3 aromatic heterocycles. The molecular weight excluding hydrogens is 380 g/mol. The molecule has 0 unspecified atom stereocenters. The van der Waals surface area contributed by atoms with Crippen molar-refractivity contribution >= 4 is 28.6 Å². The van der Waals surface area contributed by atoms with Gasteiger partial charge >= 0.3 is 0 Å². The van der Waals surface area contributed by atoms with Gasteiger partial charge in [-0.1, -0.05) is 0 Å². The second-order valence-corrected chi connectivity index (χ2v) is 7.95. The smallest absolute Gasteiger partial charge is 0.226 e. The number of pyridine rings is 1. The lowest BCUT2D eigenvalue weighted by atomic mass is 9.89. The molecule has 3 aromatic rings. The van der Waals surface area contributed by atoms with Crippen molar-refractivity contribution in [2.75, 3.05) is 22.5 Å². The van der Waals surface area contributed by atoms with Gasteiger partial charge in [-0.25, -0.2) is 4.98 Å². The van der Waals surface area contributed by atoms with E-state index >= 15 is 0 Å². The van der Waals surface area contributed by atoms with Crippen LogP contribution in [0.2, 0.25) is 0 Å². The van der Waals surface area contributed by atoms with Crippen LogP contribution in [0.1, 0.15) is 39.2 Å². The molecule has 0 aromatic carbocycles. The van der Waals surface area contributed by atoms with Crippen LogP contribution in [0.25, 0.3) is 11.0 Å². The Morgan fingerprint density at radius 2 is 2.07 bits per heavy atom. The van der Waals surface area contributed by atoms with Crippen molar-refractivity contribution in [3.05, 3.63) is 30.1 Å². The molecule has 1 fully saturated rings. The van der Waals surface area contributed by atoms with Crippen LogP contribution in [0.5, 0.6) is 0 Å². The Hall–Kier alpha value is -2.94. The number of anilines is 3. The number of ether oxygens (including phenoxy) is 1. The Morgan fingerprint density at radius 3 is 2.83 bits per heavy atom. The van der Waals surface area contributed by atoms with E-state index in [1.165, 1.54) is 0 Å². The summed E-state index contributed by atoms with van der Waals surface area (Å²) in [5, 5.41) is 15.4. The highest BCUT2D eigenvalue weighted by molar-refractivity contribution is 5.87. The summed E-state index contributed by atoms with van der Waals surface area (Å²) < 4.78 is 7.62. The highest BCUT2D eigenvalue weighted by atomic mass is 16.5. The Kier molecular flexibility index (Phi) is 5.98. The first-order valence-electron chi connectivity index (χ1n) is 10.6. The number of hydrogen-bond acceptors (Lipinski definition) is 8. The van der Waals surface area contributed by atoms with Gasteiger partial charge in [0.1, 0.15) is 11.6 Å². The highest BCUT2D eigenvalue weighted by Gasteiger charge is 2.31. The SMILES string of the molecule is CCNc1cc(CNc2nc(NC3CC(OC(C)C)C3)nc3c2cnn3C)ccn1. The Labute approximate surface area is 176 Å². The summed E-state index contributed by atoms with van der Waals surface area (Å²) in [5.74, 6) is 2.26. The third-order valence-corrected chi connectivity index (χ3v) is 5.13. The van der Waals surface area contributed by atoms with E-state index in [-0.39, 0.29) is 6.10 Å². The first-order valence-corrected chi connectivity index (χ1v) is 10.6. The van der Waals surface area contributed by atoms with Crippen molar-refractivity contribution in [2.24, 2.45) is 7.05 Å². The first kappa shape index (κ1) is 20.3. The molecule has 0 spiro atoms. The molecule has 9 heteroatoms. The molecule has 1 aliphatic rings. The van der Waals surface area contributed by atoms with Gasteiger partial charge in [0.2, 0.25) is 5.95 Å². The number of fused-ring (bicyclic) bond motifs is 1. The van der Waals surface area contributed by atoms with Crippen LogP contribution in [0.15, 0.2) is 24.5 Å². The standard InChI is InChI=1S/C21H30N8O/c1-5-22-18-8-14(6-7-23-18)11-24-19-17-12-25-29(4)20(17)28-21(27-19)26-15-9-16(10-15)30-13(2)3/h6-8,12-13,15-16H,5,9-11H2,1-4H3,(H,22,23)(H2,24,26,27,28). The minimum Gasteiger partial charge on any atom is -0.375 e. The molecule has 3 heterocycles. The lowest BCUT2D eigenvalue weighted by molar-refractivity contribution is -0.0401. The van der Waals surface area contributed by atoms with E-state index in [1.807, 2.05) is 25.4 Å². The second-order valence-electron chi connectivity index (χ2n) is 7.95. The molecular formula is C21H30N8O. The van der Waals surface area contributed by atoms with Gasteiger partial charge in [0.05, 0.1) is 23.8 Å². The lowest BCUT2D eigenvalue weighted by Gasteiger charge is -2.36. The molecule has 160 valence electrons. The van der Waals surface area contributed by atoms with E-state index in [0.717, 1.165) is 47.6 Å². The van der Waals surface area contributed by atoms with Crippen molar-refractivity contribution in [3.8, 4) is 0 Å². The molecule has 0 bridgehead atoms. The van der Waals surface area contributed by atoms with Crippen LogP contribution in [-0.4, -0.2) is 49.5 Å². The predicted molar refractivity (Wildman–Crippen MR) is 119 cm³/mol. The number of hydrogen-bond donors (Lipinski definition) is 3. The number of aryl methyl sites for hydroxylation is 1. The van der Waals surface area contributed by atoms with Gasteiger partial charge < -0.3 is 20.7 Å². The summed E-state index contributed by atoms with van der Waals surface area (Å²) in [7, 11) is 1.89. The summed E-state index contributed by atoms with van der Waals surface area (Å²) in [6, 6.07) is 4.37. The molecule has 1 saturated carbocycles. The van der Waals surface area contributed by atoms with Gasteiger partial charge in [-0.05, 0) is 51.3 Å². The fraction of sp³-hybridized carbons (Fsp3) is 0.524. The molecule has 3 N–H and O–H groups in total. The van der Waals surface area contributed by atoms with Gasteiger partial charge in [0.15, 0.2) is 5.65 Å². The zero-order valence-corrected chi connectivity index (χ0v) is 18.0. The van der Waals surface area contributed by atoms with E-state index in [0.29, 0.717) is 24.6 Å². The number of nitrogens with zero attached hydrogens (tertiary/aromatic N) is 5. The summed E-state index contributed by atoms with van der Waals surface area (Å²) in [6.45, 7) is 7.67. The molecule has 9 nitrogen and oxygen atoms in total. The maximum Gasteiger partial charge on any atom is 0.226 e. The van der Waals surface area contributed by atoms with Crippen LogP contribution in [0.4, 0.5) is 17.6 Å². The third-order valence-electron chi connectivity index (χ3n) is 5.13. The minimum absolute atomic E-state index is 0.259. The molecule has 0 radical (unpaired) electrons. The highest BCUT2D eigenvalue weighted by Crippen LogP contribution is 2.28. The van der Waals surface area contributed by atoms with Gasteiger partial charge in [-0.3, -0.25) is 4.68 Å². The van der Waals surface area contributed by atoms with Crippen molar-refractivity contribution in [1.29, 1.82) is 0 Å². The van der Waals surface area contributed by atoms with Crippen LogP contribution in [0.3, 0.4) is 0 Å². The fourth-order valence-corrected chi connectivity index (χ4v) is 3.63. The second kappa shape index (κ2) is 8.83. The summed E-state index contributed by atoms with van der Waals surface area (Å²) in [6.07, 6.45) is 6.13. The maximum absolute atomic E-state index is 5.85. The van der Waals surface area contributed by atoms with Gasteiger partial charge in [-0.15, -0.1) is 0 Å². The molecule has 0 amide bonds. The molecule has 4 rings (SSSR count). The van der Waals surface area contributed by atoms with Crippen molar-refractivity contribution in [3.63, 3.8) is 0 Å². The zero-order chi connectivity index (χ0) is 21.1. The first-order chi connectivity index (χ1) is 14.5. The number of nitrogens with one attached hydrogen (secondary N) is 3. The summed E-state index contributed by atoms with van der Waals surface area (Å²) in [4.78, 5) is 13.7. The molecule has 30 heavy (non-hydrogen) atoms. The molecule has 0 aliphatic heterocycles. The van der Waals surface area contributed by atoms with E-state index in [9.17, 15) is 0 Å². The van der Waals surface area contributed by atoms with Crippen molar-refractivity contribution in [1.82, 2.24) is 24.7 Å². The van der Waals surface area contributed by atoms with Crippen LogP contribution in [-0.2, 0) is 18.3 Å². The van der Waals surface area contributed by atoms with E-state index in [1.54, 1.807) is 10.9 Å². The molecule has 0 saturated heterocycles. The minimum atomic E-state index is 0.259. The molecule has 1 aliphatic carbocycles. The van der Waals surface area contributed by atoms with Crippen molar-refractivity contribution < 1.29 is 4.74 Å². The summed E-state index contributed by atoms with van der Waals surface area (Å²) >= 11 is 0. The summed E-state index contributed by atoms with van der Waals surface area (Å²) in [5.41, 5.74) is 1.92. The lowest BCUT2D eigenvalue weighted by Crippen LogP contribution is -2.42.